The van der Waals surface area contributed by atoms with E-state index in [1.165, 1.54) is 19.2 Å². The van der Waals surface area contributed by atoms with Crippen molar-refractivity contribution < 1.29 is 36.6 Å². The number of anilines is 1. The molecule has 1 unspecified atom stereocenters. The number of alkyl halides is 5. The van der Waals surface area contributed by atoms with E-state index < -0.39 is 35.5 Å². The van der Waals surface area contributed by atoms with Gasteiger partial charge in [-0.3, -0.25) is 0 Å². The maximum Gasteiger partial charge on any atom is 0.416 e. The van der Waals surface area contributed by atoms with Crippen LogP contribution >= 0.6 is 0 Å². The molecule has 1 atom stereocenters. The normalized spacial score (nSPS) is 15.3. The second-order valence-electron chi connectivity index (χ2n) is 10.3. The fourth-order valence-electron chi connectivity index (χ4n) is 4.96. The van der Waals surface area contributed by atoms with Gasteiger partial charge in [-0.25, -0.2) is 28.5 Å². The Kier molecular flexibility index (Phi) is 8.93. The van der Waals surface area contributed by atoms with Gasteiger partial charge in [0.1, 0.15) is 17.1 Å². The van der Waals surface area contributed by atoms with E-state index in [0.29, 0.717) is 22.7 Å². The summed E-state index contributed by atoms with van der Waals surface area (Å²) in [5, 5.41) is 12.8. The van der Waals surface area contributed by atoms with E-state index in [0.717, 1.165) is 17.7 Å². The third-order valence-electron chi connectivity index (χ3n) is 7.21. The molecule has 1 saturated carbocycles. The minimum atomic E-state index is -4.51. The van der Waals surface area contributed by atoms with E-state index >= 15 is 0 Å². The van der Waals surface area contributed by atoms with E-state index in [1.807, 2.05) is 26.8 Å². The van der Waals surface area contributed by atoms with Crippen LogP contribution in [-0.4, -0.2) is 49.7 Å². The van der Waals surface area contributed by atoms with Crippen LogP contribution in [0.15, 0.2) is 42.5 Å². The Morgan fingerprint density at radius 1 is 1.12 bits per heavy atom. The number of fused-ring (bicyclic) bond motifs is 1. The van der Waals surface area contributed by atoms with Crippen molar-refractivity contribution in [1.82, 2.24) is 19.5 Å². The van der Waals surface area contributed by atoms with Gasteiger partial charge in [0.25, 0.3) is 0 Å². The first-order valence-electron chi connectivity index (χ1n) is 13.7. The number of nitrogens with zero attached hydrogens (tertiary/aromatic N) is 4. The Balaban J connectivity index is 0.00000207. The Bertz CT molecular complexity index is 1610. The van der Waals surface area contributed by atoms with Crippen LogP contribution in [0.3, 0.4) is 0 Å². The molecule has 0 aliphatic heterocycles. The highest BCUT2D eigenvalue weighted by atomic mass is 19.4. The summed E-state index contributed by atoms with van der Waals surface area (Å²) >= 11 is 0. The van der Waals surface area contributed by atoms with Crippen molar-refractivity contribution in [2.24, 2.45) is 5.92 Å². The second-order valence-corrected chi connectivity index (χ2v) is 10.3. The van der Waals surface area contributed by atoms with E-state index in [-0.39, 0.29) is 42.3 Å². The third-order valence-corrected chi connectivity index (χ3v) is 7.21. The average Bonchev–Trinajstić information content (AvgIpc) is 3.30. The Morgan fingerprint density at radius 2 is 1.77 bits per heavy atom. The smallest absolute Gasteiger partial charge is 0.416 e. The van der Waals surface area contributed by atoms with Gasteiger partial charge in [-0.05, 0) is 49.6 Å². The van der Waals surface area contributed by atoms with Gasteiger partial charge in [0.2, 0.25) is 11.7 Å². The van der Waals surface area contributed by atoms with Crippen molar-refractivity contribution in [3.63, 3.8) is 0 Å². The largest absolute Gasteiger partial charge is 0.496 e. The highest BCUT2D eigenvalue weighted by Gasteiger charge is 2.47. The summed E-state index contributed by atoms with van der Waals surface area (Å²) < 4.78 is 73.9. The molecule has 2 aromatic carbocycles. The van der Waals surface area contributed by atoms with Crippen LogP contribution in [0.4, 0.5) is 27.8 Å². The summed E-state index contributed by atoms with van der Waals surface area (Å²) in [4.78, 5) is 24.8. The number of hydrogen-bond acceptors (Lipinski definition) is 6. The minimum absolute atomic E-state index is 0.0107. The SMILES string of the molecule is CC.COc1ccc(C)cc1-c1nc2nc(C(=O)O)nc(NC(C)C3CC(F)(F)C3)c2n1Cc1ccc(C(F)(F)F)cc1. The molecule has 2 N–H and O–H groups in total. The first kappa shape index (κ1) is 31.6. The molecular weight excluding hydrogens is 573 g/mol. The molecule has 230 valence electrons. The summed E-state index contributed by atoms with van der Waals surface area (Å²) in [5.41, 5.74) is 1.37. The monoisotopic (exact) mass is 605 g/mol. The van der Waals surface area contributed by atoms with E-state index in [9.17, 15) is 31.9 Å². The van der Waals surface area contributed by atoms with Crippen LogP contribution in [0.2, 0.25) is 0 Å². The number of carboxylic acids is 1. The number of halogens is 5. The molecule has 0 amide bonds. The second kappa shape index (κ2) is 12.1. The first-order chi connectivity index (χ1) is 20.3. The van der Waals surface area contributed by atoms with Crippen LogP contribution in [0, 0.1) is 12.8 Å². The van der Waals surface area contributed by atoms with Crippen LogP contribution in [-0.2, 0) is 12.7 Å². The van der Waals surface area contributed by atoms with Gasteiger partial charge >= 0.3 is 12.1 Å². The molecule has 2 heterocycles. The van der Waals surface area contributed by atoms with Crippen molar-refractivity contribution in [2.45, 2.75) is 65.2 Å². The third kappa shape index (κ3) is 6.70. The number of methoxy groups -OCH3 is 1. The number of carboxylic acid groups (broad SMARTS) is 1. The molecule has 1 aliphatic rings. The summed E-state index contributed by atoms with van der Waals surface area (Å²) in [6.07, 6.45) is -5.15. The molecule has 4 aromatic rings. The number of ether oxygens (including phenoxy) is 1. The predicted molar refractivity (Wildman–Crippen MR) is 152 cm³/mol. The van der Waals surface area contributed by atoms with Gasteiger partial charge in [0.05, 0.1) is 18.2 Å². The summed E-state index contributed by atoms with van der Waals surface area (Å²) in [5.74, 6) is -4.28. The van der Waals surface area contributed by atoms with Crippen LogP contribution in [0.25, 0.3) is 22.6 Å². The molecule has 0 spiro atoms. The van der Waals surface area contributed by atoms with Crippen molar-refractivity contribution in [1.29, 1.82) is 0 Å². The van der Waals surface area contributed by atoms with Crippen molar-refractivity contribution in [2.75, 3.05) is 12.4 Å². The van der Waals surface area contributed by atoms with E-state index in [2.05, 4.69) is 20.3 Å². The van der Waals surface area contributed by atoms with Gasteiger partial charge in [-0.15, -0.1) is 0 Å². The molecule has 0 radical (unpaired) electrons. The van der Waals surface area contributed by atoms with Crippen LogP contribution in [0.5, 0.6) is 5.75 Å². The standard InChI is InChI=1S/C28H26F5N5O3.C2H6/c1-14-4-9-20(41-3)19(10-14)25-37-23-21(38(25)13-16-5-7-18(8-6-16)28(31,32)33)22(35-24(36-23)26(39)40)34-15(2)17-11-27(29,30)12-17;1-2/h4-10,15,17H,11-13H2,1-3H3,(H,39,40)(H,34,35,36);1-2H3. The number of carbonyl (C=O) groups is 1. The lowest BCUT2D eigenvalue weighted by molar-refractivity contribution is -0.137. The van der Waals surface area contributed by atoms with Crippen molar-refractivity contribution in [3.05, 3.63) is 65.0 Å². The fourth-order valence-corrected chi connectivity index (χ4v) is 4.96. The molecule has 43 heavy (non-hydrogen) atoms. The Morgan fingerprint density at radius 3 is 2.33 bits per heavy atom. The van der Waals surface area contributed by atoms with Crippen LogP contribution in [0.1, 0.15) is 60.9 Å². The van der Waals surface area contributed by atoms with Gasteiger partial charge in [0.15, 0.2) is 11.5 Å². The maximum absolute atomic E-state index is 13.6. The van der Waals surface area contributed by atoms with E-state index in [4.69, 9.17) is 4.74 Å². The van der Waals surface area contributed by atoms with Crippen LogP contribution < -0.4 is 10.1 Å². The fraction of sp³-hybridized carbons (Fsp3) is 0.400. The number of aromatic carboxylic acids is 1. The predicted octanol–water partition coefficient (Wildman–Crippen LogP) is 7.45. The molecule has 8 nitrogen and oxygen atoms in total. The van der Waals surface area contributed by atoms with Crippen molar-refractivity contribution >= 4 is 23.0 Å². The molecule has 0 saturated heterocycles. The summed E-state index contributed by atoms with van der Waals surface area (Å²) in [6, 6.07) is 9.49. The number of aromatic nitrogens is 4. The zero-order valence-corrected chi connectivity index (χ0v) is 24.3. The Labute approximate surface area is 244 Å². The molecule has 5 rings (SSSR count). The lowest BCUT2D eigenvalue weighted by Crippen LogP contribution is -2.44. The van der Waals surface area contributed by atoms with Crippen molar-refractivity contribution in [3.8, 4) is 17.1 Å². The highest BCUT2D eigenvalue weighted by Crippen LogP contribution is 2.45. The molecular formula is C30H32F5N5O3. The number of aryl methyl sites for hydroxylation is 1. The molecule has 13 heteroatoms. The minimum Gasteiger partial charge on any atom is -0.496 e. The quantitative estimate of drug-likeness (QED) is 0.201. The number of hydrogen-bond donors (Lipinski definition) is 2. The zero-order valence-electron chi connectivity index (χ0n) is 24.3. The zero-order chi connectivity index (χ0) is 31.7. The molecule has 1 fully saturated rings. The Hall–Kier alpha value is -4.29. The lowest BCUT2D eigenvalue weighted by atomic mass is 9.77. The topological polar surface area (TPSA) is 102 Å². The van der Waals surface area contributed by atoms with Gasteiger partial charge < -0.3 is 19.7 Å². The average molecular weight is 606 g/mol. The number of rotatable bonds is 8. The maximum atomic E-state index is 13.6. The molecule has 0 bridgehead atoms. The number of benzene rings is 2. The first-order valence-corrected chi connectivity index (χ1v) is 13.7. The van der Waals surface area contributed by atoms with Gasteiger partial charge in [0, 0.05) is 25.4 Å². The van der Waals surface area contributed by atoms with E-state index in [1.54, 1.807) is 23.6 Å². The molecule has 1 aliphatic carbocycles. The number of nitrogens with one attached hydrogen (secondary N) is 1. The number of imidazole rings is 1. The lowest BCUT2D eigenvalue weighted by Gasteiger charge is -2.39. The molecule has 2 aromatic heterocycles. The van der Waals surface area contributed by atoms with Gasteiger partial charge in [-0.2, -0.15) is 13.2 Å². The summed E-state index contributed by atoms with van der Waals surface area (Å²) in [7, 11) is 1.47. The summed E-state index contributed by atoms with van der Waals surface area (Å²) in [6.45, 7) is 7.58. The van der Waals surface area contributed by atoms with Gasteiger partial charge in [-0.1, -0.05) is 37.6 Å². The highest BCUT2D eigenvalue weighted by molar-refractivity contribution is 5.92.